The molecular formula is C11H18N2O2. The lowest BCUT2D eigenvalue weighted by Crippen LogP contribution is -2.12. The molecule has 0 N–H and O–H groups in total. The predicted molar refractivity (Wildman–Crippen MR) is 58.2 cm³/mol. The summed E-state index contributed by atoms with van der Waals surface area (Å²) in [7, 11) is 0. The first-order valence-corrected chi connectivity index (χ1v) is 5.20. The van der Waals surface area contributed by atoms with E-state index >= 15 is 0 Å². The lowest BCUT2D eigenvalue weighted by molar-refractivity contribution is 0.295. The van der Waals surface area contributed by atoms with Crippen molar-refractivity contribution >= 4 is 12.2 Å². The Bertz CT molecular complexity index is 236. The van der Waals surface area contributed by atoms with Crippen molar-refractivity contribution in [1.29, 1.82) is 0 Å². The fourth-order valence-electron chi connectivity index (χ4n) is 1.49. The minimum Gasteiger partial charge on any atom is -0.211 e. The van der Waals surface area contributed by atoms with Crippen molar-refractivity contribution < 1.29 is 9.59 Å². The second kappa shape index (κ2) is 8.10. The quantitative estimate of drug-likeness (QED) is 0.350. The first-order valence-electron chi connectivity index (χ1n) is 5.20. The summed E-state index contributed by atoms with van der Waals surface area (Å²) in [6.45, 7) is 5.45. The van der Waals surface area contributed by atoms with Crippen LogP contribution in [0.4, 0.5) is 0 Å². The number of isocyanates is 2. The summed E-state index contributed by atoms with van der Waals surface area (Å²) >= 11 is 0. The van der Waals surface area contributed by atoms with Crippen LogP contribution in [0, 0.1) is 5.41 Å². The molecule has 0 fully saturated rings. The molecule has 0 aromatic heterocycles. The minimum atomic E-state index is 0.219. The number of rotatable bonds is 8. The van der Waals surface area contributed by atoms with E-state index in [-0.39, 0.29) is 5.41 Å². The molecule has 0 unspecified atom stereocenters. The van der Waals surface area contributed by atoms with Gasteiger partial charge in [-0.1, -0.05) is 13.8 Å². The second-order valence-electron chi connectivity index (χ2n) is 4.32. The first-order chi connectivity index (χ1) is 7.12. The fourth-order valence-corrected chi connectivity index (χ4v) is 1.49. The SMILES string of the molecule is CC(C)(CCCN=C=O)CCCN=C=O. The highest BCUT2D eigenvalue weighted by atomic mass is 16.1. The molecule has 0 rings (SSSR count). The van der Waals surface area contributed by atoms with E-state index in [1.165, 1.54) is 12.2 Å². The van der Waals surface area contributed by atoms with Crippen LogP contribution in [0.5, 0.6) is 0 Å². The smallest absolute Gasteiger partial charge is 0.211 e. The van der Waals surface area contributed by atoms with Crippen molar-refractivity contribution in [2.24, 2.45) is 15.4 Å². The Morgan fingerprint density at radius 3 is 1.67 bits per heavy atom. The van der Waals surface area contributed by atoms with Gasteiger partial charge in [0.25, 0.3) is 0 Å². The van der Waals surface area contributed by atoms with E-state index in [1.807, 2.05) is 0 Å². The van der Waals surface area contributed by atoms with Crippen LogP contribution in [0.2, 0.25) is 0 Å². The van der Waals surface area contributed by atoms with E-state index in [0.29, 0.717) is 13.1 Å². The summed E-state index contributed by atoms with van der Waals surface area (Å²) in [6, 6.07) is 0. The van der Waals surface area contributed by atoms with Crippen molar-refractivity contribution in [3.05, 3.63) is 0 Å². The van der Waals surface area contributed by atoms with E-state index in [4.69, 9.17) is 0 Å². The zero-order chi connectivity index (χ0) is 11.6. The van der Waals surface area contributed by atoms with E-state index in [1.54, 1.807) is 0 Å². The molecule has 0 radical (unpaired) electrons. The van der Waals surface area contributed by atoms with Gasteiger partial charge in [-0.05, 0) is 31.1 Å². The Hall–Kier alpha value is -1.24. The normalized spacial score (nSPS) is 10.3. The van der Waals surface area contributed by atoms with Crippen LogP contribution in [0.25, 0.3) is 0 Å². The molecule has 0 aliphatic heterocycles. The van der Waals surface area contributed by atoms with Crippen LogP contribution >= 0.6 is 0 Å². The Labute approximate surface area is 90.5 Å². The molecule has 0 saturated carbocycles. The van der Waals surface area contributed by atoms with Crippen LogP contribution in [0.1, 0.15) is 39.5 Å². The fraction of sp³-hybridized carbons (Fsp3) is 0.818. The maximum atomic E-state index is 9.83. The third-order valence-electron chi connectivity index (χ3n) is 2.38. The maximum absolute atomic E-state index is 9.83. The van der Waals surface area contributed by atoms with Crippen LogP contribution < -0.4 is 0 Å². The van der Waals surface area contributed by atoms with Crippen LogP contribution in [0.3, 0.4) is 0 Å². The van der Waals surface area contributed by atoms with Crippen LogP contribution in [0.15, 0.2) is 9.98 Å². The van der Waals surface area contributed by atoms with Gasteiger partial charge < -0.3 is 0 Å². The minimum absolute atomic E-state index is 0.219. The van der Waals surface area contributed by atoms with Gasteiger partial charge in [-0.3, -0.25) is 0 Å². The number of carbonyl (C=O) groups excluding carboxylic acids is 2. The molecule has 0 aliphatic carbocycles. The molecule has 0 aliphatic rings. The second-order valence-corrected chi connectivity index (χ2v) is 4.32. The van der Waals surface area contributed by atoms with Gasteiger partial charge in [0.05, 0.1) is 13.1 Å². The zero-order valence-electron chi connectivity index (χ0n) is 9.45. The van der Waals surface area contributed by atoms with E-state index in [2.05, 4.69) is 23.8 Å². The van der Waals surface area contributed by atoms with Gasteiger partial charge in [0.1, 0.15) is 0 Å². The van der Waals surface area contributed by atoms with Crippen molar-refractivity contribution in [3.8, 4) is 0 Å². The van der Waals surface area contributed by atoms with Gasteiger partial charge in [-0.15, -0.1) is 0 Å². The lowest BCUT2D eigenvalue weighted by atomic mass is 9.83. The monoisotopic (exact) mass is 210 g/mol. The van der Waals surface area contributed by atoms with Gasteiger partial charge in [0.15, 0.2) is 0 Å². The predicted octanol–water partition coefficient (Wildman–Crippen LogP) is 2.24. The highest BCUT2D eigenvalue weighted by Gasteiger charge is 2.16. The molecule has 4 heteroatoms. The molecule has 0 aromatic rings. The Morgan fingerprint density at radius 1 is 0.933 bits per heavy atom. The molecule has 15 heavy (non-hydrogen) atoms. The zero-order valence-corrected chi connectivity index (χ0v) is 9.45. The standard InChI is InChI=1S/C11H18N2O2/c1-11(2,5-3-7-12-9-14)6-4-8-13-10-15/h3-8H2,1-2H3. The molecular weight excluding hydrogens is 192 g/mol. The molecule has 0 atom stereocenters. The summed E-state index contributed by atoms with van der Waals surface area (Å²) in [5.41, 5.74) is 0.219. The number of hydrogen-bond acceptors (Lipinski definition) is 4. The van der Waals surface area contributed by atoms with Crippen molar-refractivity contribution in [2.75, 3.05) is 13.1 Å². The van der Waals surface area contributed by atoms with E-state index < -0.39 is 0 Å². The highest BCUT2D eigenvalue weighted by Crippen LogP contribution is 2.28. The Balaban J connectivity index is 3.65. The van der Waals surface area contributed by atoms with Crippen molar-refractivity contribution in [1.82, 2.24) is 0 Å². The number of hydrogen-bond donors (Lipinski definition) is 0. The van der Waals surface area contributed by atoms with Crippen molar-refractivity contribution in [2.45, 2.75) is 39.5 Å². The Morgan fingerprint density at radius 2 is 1.33 bits per heavy atom. The largest absolute Gasteiger partial charge is 0.234 e. The summed E-state index contributed by atoms with van der Waals surface area (Å²) in [5.74, 6) is 0. The summed E-state index contributed by atoms with van der Waals surface area (Å²) in [5, 5.41) is 0. The average molecular weight is 210 g/mol. The molecule has 4 nitrogen and oxygen atoms in total. The third-order valence-corrected chi connectivity index (χ3v) is 2.38. The molecule has 84 valence electrons. The Kier molecular flexibility index (Phi) is 7.43. The van der Waals surface area contributed by atoms with E-state index in [0.717, 1.165) is 25.7 Å². The third kappa shape index (κ3) is 9.07. The molecule has 0 saturated heterocycles. The van der Waals surface area contributed by atoms with Gasteiger partial charge in [-0.2, -0.15) is 0 Å². The topological polar surface area (TPSA) is 58.9 Å². The van der Waals surface area contributed by atoms with Gasteiger partial charge in [0, 0.05) is 0 Å². The highest BCUT2D eigenvalue weighted by molar-refractivity contribution is 5.32. The number of aliphatic imine (C=N–C) groups is 2. The molecule has 0 aromatic carbocycles. The average Bonchev–Trinajstić information content (AvgIpc) is 2.20. The first kappa shape index (κ1) is 13.8. The molecule has 0 bridgehead atoms. The maximum Gasteiger partial charge on any atom is 0.234 e. The van der Waals surface area contributed by atoms with Crippen LogP contribution in [-0.2, 0) is 9.59 Å². The number of nitrogens with zero attached hydrogens (tertiary/aromatic N) is 2. The lowest BCUT2D eigenvalue weighted by Gasteiger charge is -2.23. The summed E-state index contributed by atoms with van der Waals surface area (Å²) in [6.07, 6.45) is 6.90. The van der Waals surface area contributed by atoms with E-state index in [9.17, 15) is 9.59 Å². The van der Waals surface area contributed by atoms with Crippen LogP contribution in [-0.4, -0.2) is 25.2 Å². The van der Waals surface area contributed by atoms with Gasteiger partial charge in [0.2, 0.25) is 12.2 Å². The molecule has 0 spiro atoms. The van der Waals surface area contributed by atoms with Gasteiger partial charge in [-0.25, -0.2) is 19.6 Å². The van der Waals surface area contributed by atoms with Gasteiger partial charge >= 0.3 is 0 Å². The molecule has 0 heterocycles. The van der Waals surface area contributed by atoms with Crippen molar-refractivity contribution in [3.63, 3.8) is 0 Å². The molecule has 0 amide bonds. The summed E-state index contributed by atoms with van der Waals surface area (Å²) in [4.78, 5) is 26.7. The summed E-state index contributed by atoms with van der Waals surface area (Å²) < 4.78 is 0.